The van der Waals surface area contributed by atoms with Crippen molar-refractivity contribution in [2.75, 3.05) is 0 Å². The van der Waals surface area contributed by atoms with Crippen LogP contribution < -0.4 is 0 Å². The molecule has 0 aliphatic heterocycles. The molecule has 1 aromatic heterocycles. The number of halogens is 3. The summed E-state index contributed by atoms with van der Waals surface area (Å²) in [7, 11) is 0. The van der Waals surface area contributed by atoms with Gasteiger partial charge in [0.1, 0.15) is 0 Å². The van der Waals surface area contributed by atoms with E-state index in [0.717, 1.165) is 0 Å². The highest BCUT2D eigenvalue weighted by molar-refractivity contribution is 6.17. The van der Waals surface area contributed by atoms with Gasteiger partial charge in [0, 0.05) is 17.1 Å². The molecule has 0 unspecified atom stereocenters. The lowest BCUT2D eigenvalue weighted by atomic mass is 10.1. The Bertz CT molecular complexity index is 410. The molecule has 1 rings (SSSR count). The first-order chi connectivity index (χ1) is 7.45. The Kier molecular flexibility index (Phi) is 4.18. The van der Waals surface area contributed by atoms with Crippen molar-refractivity contribution in [1.29, 1.82) is 0 Å². The van der Waals surface area contributed by atoms with Gasteiger partial charge >= 0.3 is 5.97 Å². The summed E-state index contributed by atoms with van der Waals surface area (Å²) in [6.07, 6.45) is -2.94. The molecule has 0 fully saturated rings. The lowest BCUT2D eigenvalue weighted by Gasteiger charge is -2.10. The van der Waals surface area contributed by atoms with Gasteiger partial charge in [-0.15, -0.1) is 11.6 Å². The smallest absolute Gasteiger partial charge is 0.309 e. The van der Waals surface area contributed by atoms with E-state index in [4.69, 9.17) is 16.7 Å². The van der Waals surface area contributed by atoms with Gasteiger partial charge in [0.2, 0.25) is 0 Å². The van der Waals surface area contributed by atoms with Crippen LogP contribution in [0, 0.1) is 6.92 Å². The van der Waals surface area contributed by atoms with E-state index in [1.165, 1.54) is 13.0 Å². The average molecular weight is 250 g/mol. The Hall–Kier alpha value is -1.23. The number of aromatic nitrogens is 1. The molecule has 0 aliphatic carbocycles. The van der Waals surface area contributed by atoms with E-state index in [1.807, 2.05) is 0 Å². The second-order valence-corrected chi connectivity index (χ2v) is 3.54. The van der Waals surface area contributed by atoms with Crippen LogP contribution in [0.4, 0.5) is 8.78 Å². The minimum Gasteiger partial charge on any atom is -0.481 e. The highest BCUT2D eigenvalue weighted by atomic mass is 35.5. The zero-order chi connectivity index (χ0) is 12.3. The first kappa shape index (κ1) is 12.8. The normalized spacial score (nSPS) is 10.8. The number of pyridine rings is 1. The van der Waals surface area contributed by atoms with Crippen molar-refractivity contribution in [2.24, 2.45) is 0 Å². The molecular weight excluding hydrogens is 240 g/mol. The van der Waals surface area contributed by atoms with Crippen molar-refractivity contribution in [3.63, 3.8) is 0 Å². The van der Waals surface area contributed by atoms with Gasteiger partial charge < -0.3 is 5.11 Å². The number of carbonyl (C=O) groups is 1. The van der Waals surface area contributed by atoms with Gasteiger partial charge in [0.25, 0.3) is 6.43 Å². The lowest BCUT2D eigenvalue weighted by molar-refractivity contribution is -0.136. The summed E-state index contributed by atoms with van der Waals surface area (Å²) in [4.78, 5) is 14.4. The van der Waals surface area contributed by atoms with Gasteiger partial charge in [0.05, 0.1) is 12.1 Å². The molecule has 88 valence electrons. The molecule has 0 saturated carbocycles. The molecule has 0 spiro atoms. The number of carboxylic acids is 1. The van der Waals surface area contributed by atoms with E-state index in [-0.39, 0.29) is 29.3 Å². The minimum absolute atomic E-state index is 0.0321. The van der Waals surface area contributed by atoms with E-state index in [0.29, 0.717) is 5.56 Å². The van der Waals surface area contributed by atoms with Crippen molar-refractivity contribution in [3.8, 4) is 0 Å². The third-order valence-corrected chi connectivity index (χ3v) is 2.41. The Morgan fingerprint density at radius 1 is 1.62 bits per heavy atom. The summed E-state index contributed by atoms with van der Waals surface area (Å²) in [5, 5.41) is 8.63. The van der Waals surface area contributed by atoms with Gasteiger partial charge in [0.15, 0.2) is 0 Å². The van der Waals surface area contributed by atoms with Crippen LogP contribution >= 0.6 is 11.6 Å². The SMILES string of the molecule is Cc1nc(CC(=O)O)c(CCl)cc1C(F)F. The molecule has 3 nitrogen and oxygen atoms in total. The summed E-state index contributed by atoms with van der Waals surface area (Å²) < 4.78 is 25.1. The van der Waals surface area contributed by atoms with E-state index >= 15 is 0 Å². The molecule has 1 heterocycles. The molecule has 16 heavy (non-hydrogen) atoms. The first-order valence-electron chi connectivity index (χ1n) is 4.51. The fraction of sp³-hybridized carbons (Fsp3) is 0.400. The second-order valence-electron chi connectivity index (χ2n) is 3.27. The van der Waals surface area contributed by atoms with Crippen LogP contribution in [0.1, 0.15) is 28.9 Å². The van der Waals surface area contributed by atoms with Gasteiger partial charge in [-0.05, 0) is 18.6 Å². The number of aliphatic carboxylic acids is 1. The number of carboxylic acid groups (broad SMARTS) is 1. The zero-order valence-electron chi connectivity index (χ0n) is 8.51. The quantitative estimate of drug-likeness (QED) is 0.835. The minimum atomic E-state index is -2.63. The monoisotopic (exact) mass is 249 g/mol. The Morgan fingerprint density at radius 3 is 2.69 bits per heavy atom. The number of hydrogen-bond donors (Lipinski definition) is 1. The van der Waals surface area contributed by atoms with Crippen molar-refractivity contribution in [2.45, 2.75) is 25.7 Å². The topological polar surface area (TPSA) is 50.2 Å². The predicted octanol–water partition coefficient (Wildman–Crippen LogP) is 2.69. The third kappa shape index (κ3) is 2.88. The van der Waals surface area contributed by atoms with Crippen LogP contribution in [0.15, 0.2) is 6.07 Å². The molecule has 1 N–H and O–H groups in total. The maximum atomic E-state index is 12.5. The summed E-state index contributed by atoms with van der Waals surface area (Å²) in [5.41, 5.74) is 0.513. The summed E-state index contributed by atoms with van der Waals surface area (Å²) >= 11 is 5.57. The number of aryl methyl sites for hydroxylation is 1. The zero-order valence-corrected chi connectivity index (χ0v) is 9.26. The molecule has 1 aromatic rings. The molecule has 6 heteroatoms. The standard InChI is InChI=1S/C10H10ClF2NO2/c1-5-7(10(12)13)2-6(4-11)8(14-5)3-9(15)16/h2,10H,3-4H2,1H3,(H,15,16). The fourth-order valence-corrected chi connectivity index (χ4v) is 1.58. The Balaban J connectivity index is 3.20. The molecule has 0 aliphatic rings. The molecule has 0 radical (unpaired) electrons. The highest BCUT2D eigenvalue weighted by Gasteiger charge is 2.16. The number of hydrogen-bond acceptors (Lipinski definition) is 2. The van der Waals surface area contributed by atoms with Crippen LogP contribution in [0.5, 0.6) is 0 Å². The van der Waals surface area contributed by atoms with Crippen LogP contribution in [0.2, 0.25) is 0 Å². The molecule has 0 amide bonds. The third-order valence-electron chi connectivity index (χ3n) is 2.12. The van der Waals surface area contributed by atoms with E-state index in [2.05, 4.69) is 4.98 Å². The molecule has 0 bridgehead atoms. The second kappa shape index (κ2) is 5.21. The highest BCUT2D eigenvalue weighted by Crippen LogP contribution is 2.24. The van der Waals surface area contributed by atoms with Crippen molar-refractivity contribution < 1.29 is 18.7 Å². The number of nitrogens with zero attached hydrogens (tertiary/aromatic N) is 1. The van der Waals surface area contributed by atoms with Gasteiger partial charge in [-0.25, -0.2) is 8.78 Å². The van der Waals surface area contributed by atoms with Gasteiger partial charge in [-0.1, -0.05) is 0 Å². The van der Waals surface area contributed by atoms with E-state index < -0.39 is 12.4 Å². The maximum absolute atomic E-state index is 12.5. The van der Waals surface area contributed by atoms with Crippen molar-refractivity contribution in [1.82, 2.24) is 4.98 Å². The van der Waals surface area contributed by atoms with Crippen LogP contribution in [0.3, 0.4) is 0 Å². The fourth-order valence-electron chi connectivity index (χ4n) is 1.35. The van der Waals surface area contributed by atoms with Crippen LogP contribution in [-0.2, 0) is 17.1 Å². The number of alkyl halides is 3. The average Bonchev–Trinajstić information content (AvgIpc) is 2.16. The summed E-state index contributed by atoms with van der Waals surface area (Å²) in [5.74, 6) is -1.10. The van der Waals surface area contributed by atoms with E-state index in [9.17, 15) is 13.6 Å². The maximum Gasteiger partial charge on any atom is 0.309 e. The summed E-state index contributed by atoms with van der Waals surface area (Å²) in [6, 6.07) is 1.22. The van der Waals surface area contributed by atoms with Crippen LogP contribution in [0.25, 0.3) is 0 Å². The van der Waals surface area contributed by atoms with E-state index in [1.54, 1.807) is 0 Å². The van der Waals surface area contributed by atoms with Gasteiger partial charge in [-0.2, -0.15) is 0 Å². The number of rotatable bonds is 4. The first-order valence-corrected chi connectivity index (χ1v) is 5.04. The van der Waals surface area contributed by atoms with Crippen molar-refractivity contribution >= 4 is 17.6 Å². The Morgan fingerprint density at radius 2 is 2.25 bits per heavy atom. The van der Waals surface area contributed by atoms with Gasteiger partial charge in [-0.3, -0.25) is 9.78 Å². The van der Waals surface area contributed by atoms with Crippen molar-refractivity contribution in [3.05, 3.63) is 28.6 Å². The largest absolute Gasteiger partial charge is 0.481 e. The molecule has 0 saturated heterocycles. The predicted molar refractivity (Wildman–Crippen MR) is 54.8 cm³/mol. The Labute approximate surface area is 96.1 Å². The molecule has 0 atom stereocenters. The molecular formula is C10H10ClF2NO2. The van der Waals surface area contributed by atoms with Crippen LogP contribution in [-0.4, -0.2) is 16.1 Å². The summed E-state index contributed by atoms with van der Waals surface area (Å²) in [6.45, 7) is 1.42. The molecule has 0 aromatic carbocycles. The lowest BCUT2D eigenvalue weighted by Crippen LogP contribution is -2.08.